The number of carbonyl (C=O) groups excluding carboxylic acids is 1. The third kappa shape index (κ3) is 4.77. The van der Waals surface area contributed by atoms with Crippen molar-refractivity contribution in [3.05, 3.63) is 29.5 Å². The van der Waals surface area contributed by atoms with Crippen molar-refractivity contribution in [3.63, 3.8) is 0 Å². The lowest BCUT2D eigenvalue weighted by Crippen LogP contribution is -2.60. The predicted octanol–water partition coefficient (Wildman–Crippen LogP) is 3.70. The second-order valence-electron chi connectivity index (χ2n) is 7.89. The van der Waals surface area contributed by atoms with Crippen LogP contribution in [0, 0.1) is 6.92 Å². The summed E-state index contributed by atoms with van der Waals surface area (Å²) in [5.74, 6) is -2.72. The highest BCUT2D eigenvalue weighted by Gasteiger charge is 2.46. The van der Waals surface area contributed by atoms with E-state index in [0.29, 0.717) is 10.7 Å². The Labute approximate surface area is 182 Å². The van der Waals surface area contributed by atoms with Gasteiger partial charge in [0.25, 0.3) is 5.92 Å². The van der Waals surface area contributed by atoms with E-state index in [-0.39, 0.29) is 24.8 Å². The highest BCUT2D eigenvalue weighted by atomic mass is 32.1. The van der Waals surface area contributed by atoms with E-state index >= 15 is 0 Å². The van der Waals surface area contributed by atoms with Crippen molar-refractivity contribution < 1.29 is 13.6 Å². The maximum atomic E-state index is 14.5. The number of halogens is 2. The molecule has 1 unspecified atom stereocenters. The van der Waals surface area contributed by atoms with E-state index in [4.69, 9.17) is 0 Å². The minimum Gasteiger partial charge on any atom is -0.318 e. The first-order valence-electron chi connectivity index (χ1n) is 9.97. The van der Waals surface area contributed by atoms with Crippen molar-refractivity contribution in [1.29, 1.82) is 0 Å². The topological polar surface area (TPSA) is 95.9 Å². The van der Waals surface area contributed by atoms with Gasteiger partial charge in [-0.3, -0.25) is 10.3 Å². The highest BCUT2D eigenvalue weighted by Crippen LogP contribution is 2.29. The molecule has 1 aliphatic rings. The summed E-state index contributed by atoms with van der Waals surface area (Å²) < 4.78 is 29.0. The predicted molar refractivity (Wildman–Crippen MR) is 115 cm³/mol. The van der Waals surface area contributed by atoms with Gasteiger partial charge in [0.2, 0.25) is 0 Å². The van der Waals surface area contributed by atoms with E-state index in [1.54, 1.807) is 18.5 Å². The number of aryl methyl sites for hydroxylation is 1. The minimum absolute atomic E-state index is 0.0542. The Morgan fingerprint density at radius 2 is 2.00 bits per heavy atom. The molecule has 3 aromatic rings. The summed E-state index contributed by atoms with van der Waals surface area (Å²) in [6, 6.07) is 1.94. The third-order valence-corrected chi connectivity index (χ3v) is 5.87. The summed E-state index contributed by atoms with van der Waals surface area (Å²) in [5.41, 5.74) is 0.668. The molecule has 0 bridgehead atoms. The molecule has 4 heterocycles. The van der Waals surface area contributed by atoms with Crippen LogP contribution in [0.1, 0.15) is 25.3 Å². The number of hydrogen-bond donors (Lipinski definition) is 2. The number of nitrogens with zero attached hydrogens (tertiary/aromatic N) is 5. The van der Waals surface area contributed by atoms with Crippen molar-refractivity contribution in [1.82, 2.24) is 30.4 Å². The van der Waals surface area contributed by atoms with E-state index in [1.807, 2.05) is 26.8 Å². The number of anilines is 1. The zero-order chi connectivity index (χ0) is 22.2. The van der Waals surface area contributed by atoms with Crippen molar-refractivity contribution in [3.8, 4) is 10.7 Å². The van der Waals surface area contributed by atoms with Crippen molar-refractivity contribution in [2.24, 2.45) is 0 Å². The van der Waals surface area contributed by atoms with Crippen LogP contribution in [0.15, 0.2) is 24.5 Å². The number of pyridine rings is 2. The normalized spacial score (nSPS) is 18.5. The second kappa shape index (κ2) is 8.39. The van der Waals surface area contributed by atoms with Crippen LogP contribution < -0.4 is 10.6 Å². The number of alkyl halides is 2. The van der Waals surface area contributed by atoms with Crippen molar-refractivity contribution in [2.45, 2.75) is 45.2 Å². The molecular weight excluding hydrogens is 424 g/mol. The molecule has 1 saturated heterocycles. The molecule has 31 heavy (non-hydrogen) atoms. The molecule has 0 saturated carbocycles. The lowest BCUT2D eigenvalue weighted by atomic mass is 10.00. The Bertz CT molecular complexity index is 1100. The standard InChI is InChI=1S/C20H23F2N7OS/c1-11(2)25-16-4-5-29(10-20(16,21)22)19(30)26-17-7-13-6-15(18-28-27-12(3)31-18)23-8-14(13)9-24-17/h6-9,11,16,25H,4-5,10H2,1-3H3,(H,24,26,30). The summed E-state index contributed by atoms with van der Waals surface area (Å²) >= 11 is 1.43. The van der Waals surface area contributed by atoms with E-state index < -0.39 is 24.5 Å². The summed E-state index contributed by atoms with van der Waals surface area (Å²) in [5, 5.41) is 16.7. The summed E-state index contributed by atoms with van der Waals surface area (Å²) in [6.45, 7) is 5.12. The maximum absolute atomic E-state index is 14.5. The third-order valence-electron chi connectivity index (χ3n) is 5.00. The average Bonchev–Trinajstić information content (AvgIpc) is 3.15. The van der Waals surface area contributed by atoms with Crippen LogP contribution >= 0.6 is 11.3 Å². The Kier molecular flexibility index (Phi) is 5.80. The second-order valence-corrected chi connectivity index (χ2v) is 9.07. The van der Waals surface area contributed by atoms with Gasteiger partial charge >= 0.3 is 6.03 Å². The number of rotatable bonds is 4. The van der Waals surface area contributed by atoms with Crippen molar-refractivity contribution in [2.75, 3.05) is 18.4 Å². The van der Waals surface area contributed by atoms with Gasteiger partial charge in [-0.2, -0.15) is 0 Å². The lowest BCUT2D eigenvalue weighted by Gasteiger charge is -2.39. The molecule has 0 spiro atoms. The molecule has 2 amide bonds. The zero-order valence-electron chi connectivity index (χ0n) is 17.4. The highest BCUT2D eigenvalue weighted by molar-refractivity contribution is 7.14. The SMILES string of the molecule is Cc1nnc(-c2cc3cc(NC(=O)N4CCC(NC(C)C)C(F)(F)C4)ncc3cn2)s1. The van der Waals surface area contributed by atoms with Crippen LogP contribution in [0.2, 0.25) is 0 Å². The Morgan fingerprint density at radius 3 is 2.68 bits per heavy atom. The molecular formula is C20H23F2N7OS. The van der Waals surface area contributed by atoms with Crippen LogP contribution in [0.4, 0.5) is 19.4 Å². The summed E-state index contributed by atoms with van der Waals surface area (Å²) in [6.07, 6.45) is 3.44. The summed E-state index contributed by atoms with van der Waals surface area (Å²) in [4.78, 5) is 22.3. The molecule has 4 rings (SSSR count). The van der Waals surface area contributed by atoms with Gasteiger partial charge in [-0.25, -0.2) is 18.6 Å². The Hall–Kier alpha value is -2.79. The van der Waals surface area contributed by atoms with Gasteiger partial charge in [-0.1, -0.05) is 25.2 Å². The maximum Gasteiger partial charge on any atom is 0.323 e. The fourth-order valence-corrected chi connectivity index (χ4v) is 4.19. The van der Waals surface area contributed by atoms with Gasteiger partial charge in [0.15, 0.2) is 5.01 Å². The van der Waals surface area contributed by atoms with Gasteiger partial charge < -0.3 is 10.2 Å². The number of fused-ring (bicyclic) bond motifs is 1. The Morgan fingerprint density at radius 1 is 1.23 bits per heavy atom. The van der Waals surface area contributed by atoms with Crippen molar-refractivity contribution >= 4 is 34.0 Å². The van der Waals surface area contributed by atoms with E-state index in [2.05, 4.69) is 30.8 Å². The van der Waals surface area contributed by atoms with Crippen LogP contribution in [0.3, 0.4) is 0 Å². The van der Waals surface area contributed by atoms with Crippen LogP contribution in [0.5, 0.6) is 0 Å². The largest absolute Gasteiger partial charge is 0.323 e. The van der Waals surface area contributed by atoms with Crippen LogP contribution in [0.25, 0.3) is 21.5 Å². The first-order valence-corrected chi connectivity index (χ1v) is 10.8. The number of urea groups is 1. The molecule has 0 aliphatic carbocycles. The molecule has 1 atom stereocenters. The number of carbonyl (C=O) groups is 1. The average molecular weight is 448 g/mol. The number of nitrogens with one attached hydrogen (secondary N) is 2. The molecule has 0 aromatic carbocycles. The monoisotopic (exact) mass is 447 g/mol. The number of piperidine rings is 1. The smallest absolute Gasteiger partial charge is 0.318 e. The first-order chi connectivity index (χ1) is 14.7. The molecule has 1 fully saturated rings. The molecule has 164 valence electrons. The fourth-order valence-electron chi connectivity index (χ4n) is 3.53. The fraction of sp³-hybridized carbons (Fsp3) is 0.450. The van der Waals surface area contributed by atoms with E-state index in [0.717, 1.165) is 20.7 Å². The first kappa shape index (κ1) is 21.4. The number of aromatic nitrogens is 4. The van der Waals surface area contributed by atoms with Crippen LogP contribution in [-0.4, -0.2) is 62.2 Å². The lowest BCUT2D eigenvalue weighted by molar-refractivity contribution is -0.0804. The molecule has 8 nitrogen and oxygen atoms in total. The zero-order valence-corrected chi connectivity index (χ0v) is 18.2. The minimum atomic E-state index is -3.00. The number of hydrogen-bond acceptors (Lipinski definition) is 7. The number of likely N-dealkylation sites (tertiary alicyclic amines) is 1. The molecule has 1 aliphatic heterocycles. The van der Waals surface area contributed by atoms with Gasteiger partial charge in [0.05, 0.1) is 12.6 Å². The Balaban J connectivity index is 1.48. The van der Waals surface area contributed by atoms with Gasteiger partial charge in [0.1, 0.15) is 16.5 Å². The molecule has 0 radical (unpaired) electrons. The van der Waals surface area contributed by atoms with Crippen LogP contribution in [-0.2, 0) is 0 Å². The molecule has 2 N–H and O–H groups in total. The summed E-state index contributed by atoms with van der Waals surface area (Å²) in [7, 11) is 0. The quantitative estimate of drug-likeness (QED) is 0.633. The van der Waals surface area contributed by atoms with Gasteiger partial charge in [0, 0.05) is 30.4 Å². The van der Waals surface area contributed by atoms with E-state index in [9.17, 15) is 13.6 Å². The molecule has 11 heteroatoms. The van der Waals surface area contributed by atoms with E-state index in [1.165, 1.54) is 11.3 Å². The van der Waals surface area contributed by atoms with Gasteiger partial charge in [-0.05, 0) is 30.9 Å². The number of amides is 2. The molecule has 3 aromatic heterocycles. The van der Waals surface area contributed by atoms with Gasteiger partial charge in [-0.15, -0.1) is 10.2 Å².